The predicted molar refractivity (Wildman–Crippen MR) is 334 cm³/mol. The summed E-state index contributed by atoms with van der Waals surface area (Å²) in [5.74, 6) is -0.214. The third kappa shape index (κ3) is 60.4. The van der Waals surface area contributed by atoms with Gasteiger partial charge in [-0.1, -0.05) is 264 Å². The normalized spacial score (nSPS) is 14.6. The van der Waals surface area contributed by atoms with Crippen LogP contribution in [0.4, 0.5) is 0 Å². The second-order valence-electron chi connectivity index (χ2n) is 22.0. The number of unbranched alkanes of at least 4 members (excludes halogenated alkanes) is 25. The largest absolute Gasteiger partial charge is 0.756 e. The van der Waals surface area contributed by atoms with E-state index in [-0.39, 0.29) is 12.5 Å². The number of nitrogens with zero attached hydrogens (tertiary/aromatic N) is 1. The number of allylic oxidation sites excluding steroid dienone is 19. The first-order valence-corrected chi connectivity index (χ1v) is 32.9. The molecule has 0 spiro atoms. The maximum Gasteiger partial charge on any atom is 0.268 e. The van der Waals surface area contributed by atoms with E-state index < -0.39 is 26.6 Å². The minimum atomic E-state index is -4.61. The van der Waals surface area contributed by atoms with Crippen LogP contribution >= 0.6 is 7.82 Å². The van der Waals surface area contributed by atoms with Crippen LogP contribution in [0.15, 0.2) is 122 Å². The topological polar surface area (TPSA) is 108 Å². The van der Waals surface area contributed by atoms with Gasteiger partial charge in [-0.15, -0.1) is 0 Å². The number of quaternary nitrogens is 1. The van der Waals surface area contributed by atoms with Crippen LogP contribution in [0.1, 0.15) is 251 Å². The monoisotopic (exact) mass is 1090 g/mol. The molecule has 3 unspecified atom stereocenters. The molecule has 0 saturated carbocycles. The van der Waals surface area contributed by atoms with E-state index in [0.29, 0.717) is 17.4 Å². The zero-order valence-corrected chi connectivity index (χ0v) is 51.3. The van der Waals surface area contributed by atoms with Gasteiger partial charge in [0.05, 0.1) is 39.9 Å². The number of likely N-dealkylation sites (N-methyl/N-ethyl adjacent to an activating group) is 1. The molecule has 0 aromatic rings. The maximum atomic E-state index is 13.0. The van der Waals surface area contributed by atoms with Crippen LogP contribution in [-0.4, -0.2) is 68.5 Å². The Balaban J connectivity index is 4.05. The summed E-state index contributed by atoms with van der Waals surface area (Å²) in [6.45, 7) is 4.49. The second-order valence-corrected chi connectivity index (χ2v) is 23.4. The predicted octanol–water partition coefficient (Wildman–Crippen LogP) is 19.1. The van der Waals surface area contributed by atoms with Gasteiger partial charge in [-0.05, 0) is 103 Å². The highest BCUT2D eigenvalue weighted by atomic mass is 31.2. The van der Waals surface area contributed by atoms with Crippen LogP contribution < -0.4 is 10.2 Å². The number of hydrogen-bond acceptors (Lipinski definition) is 6. The molecule has 0 fully saturated rings. The lowest BCUT2D eigenvalue weighted by molar-refractivity contribution is -0.870. The fourth-order valence-electron chi connectivity index (χ4n) is 8.52. The third-order valence-electron chi connectivity index (χ3n) is 13.4. The summed E-state index contributed by atoms with van der Waals surface area (Å²) in [6, 6.07) is -0.915. The molecule has 0 heterocycles. The van der Waals surface area contributed by atoms with Crippen molar-refractivity contribution in [2.75, 3.05) is 40.9 Å². The molecule has 0 aliphatic rings. The van der Waals surface area contributed by atoms with Crippen molar-refractivity contribution in [1.82, 2.24) is 5.32 Å². The quantitative estimate of drug-likeness (QED) is 0.0272. The van der Waals surface area contributed by atoms with Gasteiger partial charge in [0.25, 0.3) is 7.82 Å². The van der Waals surface area contributed by atoms with Gasteiger partial charge in [-0.2, -0.15) is 0 Å². The summed E-state index contributed by atoms with van der Waals surface area (Å²) >= 11 is 0. The molecule has 3 atom stereocenters. The minimum absolute atomic E-state index is 0.0128. The average molecular weight is 1090 g/mol. The number of carbonyl (C=O) groups is 1. The summed E-state index contributed by atoms with van der Waals surface area (Å²) in [4.78, 5) is 25.5. The lowest BCUT2D eigenvalue weighted by atomic mass is 10.0. The van der Waals surface area contributed by atoms with Gasteiger partial charge in [0.2, 0.25) is 5.91 Å². The summed E-state index contributed by atoms with van der Waals surface area (Å²) in [5, 5.41) is 13.9. The van der Waals surface area contributed by atoms with E-state index >= 15 is 0 Å². The number of nitrogens with one attached hydrogen (secondary N) is 1. The van der Waals surface area contributed by atoms with Crippen LogP contribution in [-0.2, 0) is 18.4 Å². The molecule has 2 N–H and O–H groups in total. The van der Waals surface area contributed by atoms with Crippen LogP contribution in [0.25, 0.3) is 0 Å². The van der Waals surface area contributed by atoms with Crippen LogP contribution in [0.2, 0.25) is 0 Å². The number of rotatable bonds is 56. The zero-order valence-electron chi connectivity index (χ0n) is 50.4. The maximum absolute atomic E-state index is 13.0. The molecule has 0 saturated heterocycles. The molecule has 0 radical (unpaired) electrons. The van der Waals surface area contributed by atoms with E-state index in [9.17, 15) is 19.4 Å². The fourth-order valence-corrected chi connectivity index (χ4v) is 9.24. The average Bonchev–Trinajstić information content (AvgIpc) is 3.39. The standard InChI is InChI=1S/C68H119N2O6P/c1-6-8-10-12-14-16-18-20-22-24-25-26-27-28-29-30-31-32-33-34-35-36-37-38-39-40-41-42-43-44-45-46-48-50-52-54-56-58-60-62-68(72)69-66(65-76-77(73,74)75-64-63-70(3,4)5)67(71)61-59-57-55-53-51-49-47-23-21-19-17-15-13-11-9-7-2/h8,10,14,16,20-23,25-26,28-29,31-32,34-35,51,53,59,61,66-67,71H,6-7,9,11-13,15,17-19,24,27,30,33,36-50,52,54-58,60,62-65H2,1-5H3,(H-,69,72,73,74)/b10-8-,16-14-,22-20-,23-21+,26-25-,29-28-,32-31-,35-34-,53-51+,61-59+. The highest BCUT2D eigenvalue weighted by molar-refractivity contribution is 7.45. The molecule has 0 bridgehead atoms. The van der Waals surface area contributed by atoms with Crippen molar-refractivity contribution in [2.45, 2.75) is 264 Å². The lowest BCUT2D eigenvalue weighted by Crippen LogP contribution is -2.45. The van der Waals surface area contributed by atoms with Gasteiger partial charge in [-0.3, -0.25) is 9.36 Å². The highest BCUT2D eigenvalue weighted by Crippen LogP contribution is 2.38. The van der Waals surface area contributed by atoms with Gasteiger partial charge >= 0.3 is 0 Å². The number of aliphatic hydroxyl groups is 1. The van der Waals surface area contributed by atoms with E-state index in [4.69, 9.17) is 9.05 Å². The second kappa shape index (κ2) is 57.6. The molecular formula is C68H119N2O6P. The lowest BCUT2D eigenvalue weighted by Gasteiger charge is -2.29. The first-order valence-electron chi connectivity index (χ1n) is 31.4. The molecule has 0 aliphatic heterocycles. The van der Waals surface area contributed by atoms with E-state index in [1.807, 2.05) is 27.2 Å². The van der Waals surface area contributed by atoms with Gasteiger partial charge in [-0.25, -0.2) is 0 Å². The first-order chi connectivity index (χ1) is 37.5. The molecule has 8 nitrogen and oxygen atoms in total. The Bertz CT molecular complexity index is 1670. The van der Waals surface area contributed by atoms with Crippen LogP contribution in [0.5, 0.6) is 0 Å². The first kappa shape index (κ1) is 73.9. The van der Waals surface area contributed by atoms with Crippen molar-refractivity contribution >= 4 is 13.7 Å². The summed E-state index contributed by atoms with van der Waals surface area (Å²) in [7, 11) is 1.23. The van der Waals surface area contributed by atoms with Crippen molar-refractivity contribution in [1.29, 1.82) is 0 Å². The Kier molecular flexibility index (Phi) is 55.3. The number of phosphoric acid groups is 1. The molecule has 1 amide bonds. The summed E-state index contributed by atoms with van der Waals surface area (Å²) in [5.41, 5.74) is 0. The smallest absolute Gasteiger partial charge is 0.268 e. The summed E-state index contributed by atoms with van der Waals surface area (Å²) < 4.78 is 23.3. The van der Waals surface area contributed by atoms with Crippen LogP contribution in [0, 0.1) is 0 Å². The van der Waals surface area contributed by atoms with Crippen molar-refractivity contribution in [3.05, 3.63) is 122 Å². The third-order valence-corrected chi connectivity index (χ3v) is 14.3. The van der Waals surface area contributed by atoms with E-state index in [1.54, 1.807) is 6.08 Å². The van der Waals surface area contributed by atoms with E-state index in [2.05, 4.69) is 129 Å². The SMILES string of the molecule is CC/C=C\C/C=C\C/C=C\C/C=C\C/C=C\C/C=C\C/C=C\CCCCCCCCCCCCCCCCCCCC(=O)NC(COP(=O)([O-])OCC[N+](C)(C)C)C(O)/C=C/CC/C=C/CC/C=C/CCCCCCCC. The molecule has 0 rings (SSSR count). The Hall–Kier alpha value is -3.10. The number of aliphatic hydroxyl groups excluding tert-OH is 1. The molecule has 77 heavy (non-hydrogen) atoms. The molecule has 0 aliphatic carbocycles. The molecule has 9 heteroatoms. The Morgan fingerprint density at radius 2 is 0.805 bits per heavy atom. The molecule has 0 aromatic carbocycles. The van der Waals surface area contributed by atoms with Crippen molar-refractivity contribution in [3.8, 4) is 0 Å². The number of phosphoric ester groups is 1. The van der Waals surface area contributed by atoms with Gasteiger partial charge in [0.15, 0.2) is 0 Å². The van der Waals surface area contributed by atoms with E-state index in [1.165, 1.54) is 141 Å². The number of amides is 1. The summed E-state index contributed by atoms with van der Waals surface area (Å²) in [6.07, 6.45) is 85.9. The van der Waals surface area contributed by atoms with E-state index in [0.717, 1.165) is 89.9 Å². The van der Waals surface area contributed by atoms with Crippen molar-refractivity contribution in [3.63, 3.8) is 0 Å². The molecule has 442 valence electrons. The number of carbonyl (C=O) groups excluding carboxylic acids is 1. The Morgan fingerprint density at radius 1 is 0.468 bits per heavy atom. The minimum Gasteiger partial charge on any atom is -0.756 e. The zero-order chi connectivity index (χ0) is 56.3. The van der Waals surface area contributed by atoms with Gasteiger partial charge in [0, 0.05) is 6.42 Å². The van der Waals surface area contributed by atoms with Crippen molar-refractivity contribution < 1.29 is 32.9 Å². The highest BCUT2D eigenvalue weighted by Gasteiger charge is 2.23. The fraction of sp³-hybridized carbons (Fsp3) is 0.691. The molecule has 0 aromatic heterocycles. The number of hydrogen-bond donors (Lipinski definition) is 2. The Morgan fingerprint density at radius 3 is 1.21 bits per heavy atom. The Labute approximate surface area is 475 Å². The van der Waals surface area contributed by atoms with Crippen molar-refractivity contribution in [2.24, 2.45) is 0 Å². The van der Waals surface area contributed by atoms with Gasteiger partial charge < -0.3 is 28.8 Å². The molecular weight excluding hydrogens is 972 g/mol. The van der Waals surface area contributed by atoms with Gasteiger partial charge in [0.1, 0.15) is 13.2 Å². The van der Waals surface area contributed by atoms with Crippen LogP contribution in [0.3, 0.4) is 0 Å².